The summed E-state index contributed by atoms with van der Waals surface area (Å²) in [4.78, 5) is 11.9. The Labute approximate surface area is 168 Å². The lowest BCUT2D eigenvalue weighted by Gasteiger charge is -2.12. The Morgan fingerprint density at radius 2 is 1.79 bits per heavy atom. The van der Waals surface area contributed by atoms with Crippen LogP contribution in [0.5, 0.6) is 0 Å². The van der Waals surface area contributed by atoms with Crippen LogP contribution < -0.4 is 5.32 Å². The van der Waals surface area contributed by atoms with E-state index in [9.17, 15) is 9.18 Å². The summed E-state index contributed by atoms with van der Waals surface area (Å²) in [7, 11) is 0. The number of hydrogen-bond donors (Lipinski definition) is 1. The predicted octanol–water partition coefficient (Wildman–Crippen LogP) is 4.28. The monoisotopic (exact) mass is 398 g/mol. The number of halogens is 1. The molecule has 0 unspecified atom stereocenters. The number of nitrogens with zero attached hydrogens (tertiary/aromatic N) is 3. The molecule has 5 nitrogen and oxygen atoms in total. The second-order valence-electron chi connectivity index (χ2n) is 6.86. The van der Waals surface area contributed by atoms with E-state index in [-0.39, 0.29) is 17.6 Å². The van der Waals surface area contributed by atoms with Crippen LogP contribution in [0.2, 0.25) is 0 Å². The molecule has 0 aliphatic carbocycles. The van der Waals surface area contributed by atoms with Crippen molar-refractivity contribution in [1.29, 1.82) is 0 Å². The van der Waals surface area contributed by atoms with Gasteiger partial charge in [-0.2, -0.15) is 0 Å². The van der Waals surface area contributed by atoms with Gasteiger partial charge in [-0.25, -0.2) is 4.39 Å². The van der Waals surface area contributed by atoms with E-state index in [1.807, 2.05) is 49.6 Å². The summed E-state index contributed by atoms with van der Waals surface area (Å²) >= 11 is 1.52. The molecule has 0 atom stereocenters. The van der Waals surface area contributed by atoms with E-state index in [1.54, 1.807) is 12.1 Å². The van der Waals surface area contributed by atoms with Gasteiger partial charge in [-0.05, 0) is 36.8 Å². The number of carbonyl (C=O) groups excluding carboxylic acids is 1. The maximum Gasteiger partial charge on any atom is 0.222 e. The number of hydrogen-bond acceptors (Lipinski definition) is 4. The quantitative estimate of drug-likeness (QED) is 0.604. The van der Waals surface area contributed by atoms with Gasteiger partial charge in [0.1, 0.15) is 5.82 Å². The first-order valence-corrected chi connectivity index (χ1v) is 10.1. The number of nitrogens with one attached hydrogen (secondary N) is 1. The molecule has 3 aromatic rings. The number of carbonyl (C=O) groups is 1. The van der Waals surface area contributed by atoms with Crippen molar-refractivity contribution >= 4 is 17.7 Å². The first kappa shape index (κ1) is 20.1. The third-order valence-corrected chi connectivity index (χ3v) is 5.22. The third kappa shape index (κ3) is 4.98. The van der Waals surface area contributed by atoms with E-state index in [4.69, 9.17) is 0 Å². The van der Waals surface area contributed by atoms with Gasteiger partial charge in [-0.1, -0.05) is 55.4 Å². The molecule has 0 aliphatic heterocycles. The highest BCUT2D eigenvalue weighted by Gasteiger charge is 2.16. The molecule has 3 rings (SSSR count). The molecule has 0 radical (unpaired) electrons. The van der Waals surface area contributed by atoms with Gasteiger partial charge in [0.2, 0.25) is 5.91 Å². The van der Waals surface area contributed by atoms with Gasteiger partial charge in [0.05, 0.1) is 6.54 Å². The molecule has 1 heterocycles. The summed E-state index contributed by atoms with van der Waals surface area (Å²) < 4.78 is 15.1. The van der Waals surface area contributed by atoms with Gasteiger partial charge in [0.25, 0.3) is 0 Å². The Balaban J connectivity index is 1.85. The molecule has 146 valence electrons. The van der Waals surface area contributed by atoms with E-state index in [2.05, 4.69) is 15.5 Å². The summed E-state index contributed by atoms with van der Waals surface area (Å²) in [5.41, 5.74) is 3.09. The first-order chi connectivity index (χ1) is 13.4. The minimum Gasteiger partial charge on any atom is -0.349 e. The normalized spacial score (nSPS) is 11.0. The third-order valence-electron chi connectivity index (χ3n) is 4.22. The molecule has 1 N–H and O–H groups in total. The Bertz CT molecular complexity index is 936. The van der Waals surface area contributed by atoms with Crippen LogP contribution in [0.1, 0.15) is 30.8 Å². The van der Waals surface area contributed by atoms with Crippen molar-refractivity contribution in [2.75, 3.05) is 0 Å². The highest BCUT2D eigenvalue weighted by atomic mass is 32.2. The molecule has 28 heavy (non-hydrogen) atoms. The fourth-order valence-electron chi connectivity index (χ4n) is 2.56. The molecule has 0 saturated carbocycles. The molecule has 7 heteroatoms. The second-order valence-corrected chi connectivity index (χ2v) is 7.80. The lowest BCUT2D eigenvalue weighted by molar-refractivity contribution is -0.124. The number of aromatic nitrogens is 3. The largest absolute Gasteiger partial charge is 0.349 e. The van der Waals surface area contributed by atoms with E-state index in [1.165, 1.54) is 23.9 Å². The molecule has 0 aliphatic rings. The van der Waals surface area contributed by atoms with Crippen molar-refractivity contribution in [1.82, 2.24) is 20.1 Å². The molecule has 0 spiro atoms. The average molecular weight is 399 g/mol. The van der Waals surface area contributed by atoms with Crippen molar-refractivity contribution in [2.45, 2.75) is 38.2 Å². The molecule has 0 saturated heterocycles. The second kappa shape index (κ2) is 9.01. The summed E-state index contributed by atoms with van der Waals surface area (Å²) in [6.45, 7) is 6.03. The molecular weight excluding hydrogens is 375 g/mol. The number of thioether (sulfide) groups is 1. The first-order valence-electron chi connectivity index (χ1n) is 9.10. The minimum absolute atomic E-state index is 0.0287. The molecule has 1 aromatic heterocycles. The topological polar surface area (TPSA) is 59.8 Å². The Morgan fingerprint density at radius 1 is 1.11 bits per heavy atom. The van der Waals surface area contributed by atoms with Gasteiger partial charge in [0.15, 0.2) is 11.0 Å². The lowest BCUT2D eigenvalue weighted by Crippen LogP contribution is -2.28. The van der Waals surface area contributed by atoms with Crippen molar-refractivity contribution in [3.63, 3.8) is 0 Å². The van der Waals surface area contributed by atoms with Crippen LogP contribution in [-0.2, 0) is 17.1 Å². The predicted molar refractivity (Wildman–Crippen MR) is 109 cm³/mol. The zero-order chi connectivity index (χ0) is 20.1. The van der Waals surface area contributed by atoms with Crippen LogP contribution in [0.4, 0.5) is 4.39 Å². The van der Waals surface area contributed by atoms with Gasteiger partial charge in [-0.15, -0.1) is 10.2 Å². The molecule has 0 fully saturated rings. The van der Waals surface area contributed by atoms with Crippen molar-refractivity contribution in [3.8, 4) is 5.69 Å². The fraction of sp³-hybridized carbons (Fsp3) is 0.286. The van der Waals surface area contributed by atoms with E-state index < -0.39 is 0 Å². The van der Waals surface area contributed by atoms with Gasteiger partial charge < -0.3 is 5.32 Å². The van der Waals surface area contributed by atoms with Gasteiger partial charge in [-0.3, -0.25) is 9.36 Å². The standard InChI is InChI=1S/C21H23FN4OS/c1-14(2)20(27)23-12-19-24-25-21(26(19)18-10-4-15(3)5-11-18)28-13-16-6-8-17(22)9-7-16/h4-11,14H,12-13H2,1-3H3,(H,23,27). The van der Waals surface area contributed by atoms with E-state index >= 15 is 0 Å². The van der Waals surface area contributed by atoms with Crippen molar-refractivity contribution in [3.05, 3.63) is 71.3 Å². The zero-order valence-corrected chi connectivity index (χ0v) is 17.0. The maximum absolute atomic E-state index is 13.1. The summed E-state index contributed by atoms with van der Waals surface area (Å²) in [5, 5.41) is 12.2. The van der Waals surface area contributed by atoms with Crippen LogP contribution in [-0.4, -0.2) is 20.7 Å². The zero-order valence-electron chi connectivity index (χ0n) is 16.1. The molecular formula is C21H23FN4OS. The van der Waals surface area contributed by atoms with E-state index in [0.717, 1.165) is 22.0 Å². The molecule has 0 bridgehead atoms. The minimum atomic E-state index is -0.250. The number of amides is 1. The lowest BCUT2D eigenvalue weighted by atomic mass is 10.2. The van der Waals surface area contributed by atoms with Crippen LogP contribution in [0.15, 0.2) is 53.7 Å². The highest BCUT2D eigenvalue weighted by molar-refractivity contribution is 7.98. The fourth-order valence-corrected chi connectivity index (χ4v) is 3.49. The number of benzene rings is 2. The molecule has 1 amide bonds. The number of rotatable bonds is 7. The Kier molecular flexibility index (Phi) is 6.46. The van der Waals surface area contributed by atoms with Crippen LogP contribution in [0, 0.1) is 18.7 Å². The molecule has 2 aromatic carbocycles. The summed E-state index contributed by atoms with van der Waals surface area (Å²) in [5.74, 6) is 0.934. The Morgan fingerprint density at radius 3 is 2.43 bits per heavy atom. The number of aryl methyl sites for hydroxylation is 1. The smallest absolute Gasteiger partial charge is 0.222 e. The van der Waals surface area contributed by atoms with Crippen LogP contribution >= 0.6 is 11.8 Å². The summed E-state index contributed by atoms with van der Waals surface area (Å²) in [6.07, 6.45) is 0. The average Bonchev–Trinajstić information content (AvgIpc) is 3.09. The van der Waals surface area contributed by atoms with Crippen molar-refractivity contribution in [2.24, 2.45) is 5.92 Å². The summed E-state index contributed by atoms with van der Waals surface area (Å²) in [6, 6.07) is 14.5. The highest BCUT2D eigenvalue weighted by Crippen LogP contribution is 2.25. The SMILES string of the molecule is Cc1ccc(-n2c(CNC(=O)C(C)C)nnc2SCc2ccc(F)cc2)cc1. The van der Waals surface area contributed by atoms with Gasteiger partial charge >= 0.3 is 0 Å². The van der Waals surface area contributed by atoms with Crippen molar-refractivity contribution < 1.29 is 9.18 Å². The van der Waals surface area contributed by atoms with Gasteiger partial charge in [0, 0.05) is 17.4 Å². The van der Waals surface area contributed by atoms with Crippen LogP contribution in [0.3, 0.4) is 0 Å². The Hall–Kier alpha value is -2.67. The maximum atomic E-state index is 13.1. The van der Waals surface area contributed by atoms with E-state index in [0.29, 0.717) is 18.1 Å². The van der Waals surface area contributed by atoms with Crippen LogP contribution in [0.25, 0.3) is 5.69 Å².